The van der Waals surface area contributed by atoms with Crippen molar-refractivity contribution in [3.05, 3.63) is 42.2 Å². The molecule has 0 aliphatic rings. The van der Waals surface area contributed by atoms with E-state index in [1.165, 1.54) is 0 Å². The summed E-state index contributed by atoms with van der Waals surface area (Å²) >= 11 is 0. The van der Waals surface area contributed by atoms with E-state index in [9.17, 15) is 4.79 Å². The highest BCUT2D eigenvalue weighted by Gasteiger charge is 1.97. The molecular formula is C10H8N2O2. The molecule has 0 bridgehead atoms. The van der Waals surface area contributed by atoms with Crippen molar-refractivity contribution in [3.63, 3.8) is 0 Å². The number of ether oxygens (including phenoxy) is 1. The van der Waals surface area contributed by atoms with Crippen molar-refractivity contribution >= 4 is 6.29 Å². The van der Waals surface area contributed by atoms with Crippen molar-refractivity contribution in [1.82, 2.24) is 10.2 Å². The molecule has 0 fully saturated rings. The van der Waals surface area contributed by atoms with Crippen LogP contribution in [0.25, 0.3) is 0 Å². The zero-order valence-electron chi connectivity index (χ0n) is 7.31. The third kappa shape index (κ3) is 1.80. The highest BCUT2D eigenvalue weighted by molar-refractivity contribution is 5.74. The van der Waals surface area contributed by atoms with Crippen LogP contribution in [0.1, 0.15) is 10.4 Å². The average Bonchev–Trinajstić information content (AvgIpc) is 2.72. The van der Waals surface area contributed by atoms with Crippen LogP contribution >= 0.6 is 0 Å². The number of carbonyl (C=O) groups excluding carboxylic acids is 1. The maximum absolute atomic E-state index is 10.4. The van der Waals surface area contributed by atoms with Gasteiger partial charge in [-0.2, -0.15) is 5.10 Å². The summed E-state index contributed by atoms with van der Waals surface area (Å²) in [6.45, 7) is 0. The minimum atomic E-state index is 0.629. The van der Waals surface area contributed by atoms with Crippen LogP contribution in [0.5, 0.6) is 11.5 Å². The summed E-state index contributed by atoms with van der Waals surface area (Å²) in [6.07, 6.45) is 4.02. The first kappa shape index (κ1) is 8.50. The third-order valence-corrected chi connectivity index (χ3v) is 1.73. The van der Waals surface area contributed by atoms with Gasteiger partial charge >= 0.3 is 0 Å². The second-order valence-corrected chi connectivity index (χ2v) is 2.72. The van der Waals surface area contributed by atoms with E-state index in [1.54, 1.807) is 36.7 Å². The van der Waals surface area contributed by atoms with Crippen LogP contribution in [0.15, 0.2) is 36.7 Å². The summed E-state index contributed by atoms with van der Waals surface area (Å²) in [5, 5.41) is 6.39. The predicted octanol–water partition coefficient (Wildman–Crippen LogP) is 2.01. The fourth-order valence-corrected chi connectivity index (χ4v) is 1.05. The molecule has 1 aromatic heterocycles. The van der Waals surface area contributed by atoms with Gasteiger partial charge in [0.25, 0.3) is 0 Å². The number of aldehydes is 1. The first-order valence-corrected chi connectivity index (χ1v) is 4.10. The largest absolute Gasteiger partial charge is 0.454 e. The molecule has 0 aliphatic carbocycles. The molecule has 4 heteroatoms. The molecule has 0 saturated heterocycles. The summed E-state index contributed by atoms with van der Waals surface area (Å²) < 4.78 is 5.41. The smallest absolute Gasteiger partial charge is 0.165 e. The van der Waals surface area contributed by atoms with Crippen LogP contribution in [-0.4, -0.2) is 16.5 Å². The van der Waals surface area contributed by atoms with Gasteiger partial charge in [0.15, 0.2) is 5.75 Å². The fraction of sp³-hybridized carbons (Fsp3) is 0. The van der Waals surface area contributed by atoms with Crippen molar-refractivity contribution in [3.8, 4) is 11.5 Å². The molecule has 1 N–H and O–H groups in total. The number of carbonyl (C=O) groups is 1. The normalized spacial score (nSPS) is 9.71. The Kier molecular flexibility index (Phi) is 2.27. The molecule has 2 rings (SSSR count). The number of hydrogen-bond donors (Lipinski definition) is 1. The molecule has 0 unspecified atom stereocenters. The van der Waals surface area contributed by atoms with E-state index in [0.717, 1.165) is 6.29 Å². The summed E-state index contributed by atoms with van der Waals surface area (Å²) in [4.78, 5) is 10.4. The minimum absolute atomic E-state index is 0.629. The third-order valence-electron chi connectivity index (χ3n) is 1.73. The van der Waals surface area contributed by atoms with Gasteiger partial charge in [-0.25, -0.2) is 0 Å². The van der Waals surface area contributed by atoms with E-state index in [-0.39, 0.29) is 0 Å². The van der Waals surface area contributed by atoms with Gasteiger partial charge in [-0.3, -0.25) is 9.89 Å². The molecule has 0 spiro atoms. The van der Waals surface area contributed by atoms with Gasteiger partial charge in [-0.05, 0) is 24.3 Å². The number of H-pyrrole nitrogens is 1. The van der Waals surface area contributed by atoms with Crippen LogP contribution in [0.2, 0.25) is 0 Å². The number of rotatable bonds is 3. The molecule has 2 aromatic rings. The topological polar surface area (TPSA) is 55.0 Å². The number of nitrogens with one attached hydrogen (secondary N) is 1. The molecule has 4 nitrogen and oxygen atoms in total. The van der Waals surface area contributed by atoms with Gasteiger partial charge in [-0.15, -0.1) is 0 Å². The predicted molar refractivity (Wildman–Crippen MR) is 50.5 cm³/mol. The Morgan fingerprint density at radius 1 is 1.21 bits per heavy atom. The number of aromatic nitrogens is 2. The molecule has 1 heterocycles. The van der Waals surface area contributed by atoms with Gasteiger partial charge < -0.3 is 4.74 Å². The molecule has 0 atom stereocenters. The zero-order valence-corrected chi connectivity index (χ0v) is 7.31. The monoisotopic (exact) mass is 188 g/mol. The summed E-state index contributed by atoms with van der Waals surface area (Å²) in [5.41, 5.74) is 0.629. The second-order valence-electron chi connectivity index (χ2n) is 2.72. The lowest BCUT2D eigenvalue weighted by Crippen LogP contribution is -1.83. The second kappa shape index (κ2) is 3.74. The van der Waals surface area contributed by atoms with Gasteiger partial charge in [-0.1, -0.05) is 0 Å². The average molecular weight is 188 g/mol. The van der Waals surface area contributed by atoms with E-state index in [1.807, 2.05) is 0 Å². The van der Waals surface area contributed by atoms with Crippen molar-refractivity contribution < 1.29 is 9.53 Å². The number of aromatic amines is 1. The molecule has 1 aromatic carbocycles. The Bertz CT molecular complexity index is 406. The summed E-state index contributed by atoms with van der Waals surface area (Å²) in [6, 6.07) is 6.86. The Morgan fingerprint density at radius 2 is 2.00 bits per heavy atom. The molecule has 0 amide bonds. The maximum Gasteiger partial charge on any atom is 0.165 e. The first-order valence-electron chi connectivity index (χ1n) is 4.10. The van der Waals surface area contributed by atoms with Gasteiger partial charge in [0.2, 0.25) is 0 Å². The van der Waals surface area contributed by atoms with Crippen LogP contribution in [0.4, 0.5) is 0 Å². The van der Waals surface area contributed by atoms with Gasteiger partial charge in [0.1, 0.15) is 12.0 Å². The van der Waals surface area contributed by atoms with Crippen molar-refractivity contribution in [2.24, 2.45) is 0 Å². The lowest BCUT2D eigenvalue weighted by atomic mass is 10.2. The fourth-order valence-electron chi connectivity index (χ4n) is 1.05. The van der Waals surface area contributed by atoms with Crippen molar-refractivity contribution in [2.45, 2.75) is 0 Å². The van der Waals surface area contributed by atoms with Crippen LogP contribution in [0.3, 0.4) is 0 Å². The Labute approximate surface area is 80.5 Å². The quantitative estimate of drug-likeness (QED) is 0.749. The van der Waals surface area contributed by atoms with Crippen LogP contribution < -0.4 is 4.74 Å². The standard InChI is InChI=1S/C10H8N2O2/c13-7-8-1-3-9(4-2-8)14-10-5-11-12-6-10/h1-7H,(H,11,12). The van der Waals surface area contributed by atoms with E-state index >= 15 is 0 Å². The molecule has 0 saturated carbocycles. The zero-order chi connectivity index (χ0) is 9.80. The molecule has 14 heavy (non-hydrogen) atoms. The van der Waals surface area contributed by atoms with E-state index in [0.29, 0.717) is 17.1 Å². The maximum atomic E-state index is 10.4. The summed E-state index contributed by atoms with van der Waals surface area (Å²) in [5.74, 6) is 1.32. The Hall–Kier alpha value is -2.10. The highest BCUT2D eigenvalue weighted by Crippen LogP contribution is 2.19. The first-order chi connectivity index (χ1) is 6.88. The van der Waals surface area contributed by atoms with Gasteiger partial charge in [0, 0.05) is 5.56 Å². The molecular weight excluding hydrogens is 180 g/mol. The molecule has 0 aliphatic heterocycles. The Balaban J connectivity index is 2.14. The van der Waals surface area contributed by atoms with Crippen LogP contribution in [-0.2, 0) is 0 Å². The van der Waals surface area contributed by atoms with E-state index in [4.69, 9.17) is 4.74 Å². The summed E-state index contributed by atoms with van der Waals surface area (Å²) in [7, 11) is 0. The lowest BCUT2D eigenvalue weighted by Gasteiger charge is -2.01. The number of nitrogens with zero attached hydrogens (tertiary/aromatic N) is 1. The van der Waals surface area contributed by atoms with E-state index < -0.39 is 0 Å². The van der Waals surface area contributed by atoms with Crippen LogP contribution in [0, 0.1) is 0 Å². The molecule has 70 valence electrons. The Morgan fingerprint density at radius 3 is 2.57 bits per heavy atom. The SMILES string of the molecule is O=Cc1ccc(Oc2cn[nH]c2)cc1. The van der Waals surface area contributed by atoms with E-state index in [2.05, 4.69) is 10.2 Å². The number of hydrogen-bond acceptors (Lipinski definition) is 3. The van der Waals surface area contributed by atoms with Gasteiger partial charge in [0.05, 0.1) is 12.4 Å². The molecule has 0 radical (unpaired) electrons. The van der Waals surface area contributed by atoms with Crippen molar-refractivity contribution in [1.29, 1.82) is 0 Å². The lowest BCUT2D eigenvalue weighted by molar-refractivity contribution is 0.112. The highest BCUT2D eigenvalue weighted by atomic mass is 16.5. The minimum Gasteiger partial charge on any atom is -0.454 e. The number of benzene rings is 1. The van der Waals surface area contributed by atoms with Crippen molar-refractivity contribution in [2.75, 3.05) is 0 Å².